The molecule has 0 bridgehead atoms. The summed E-state index contributed by atoms with van der Waals surface area (Å²) in [4.78, 5) is 5.20. The number of aromatic nitrogens is 1. The molecule has 4 aromatic carbocycles. The first kappa shape index (κ1) is 21.0. The Hall–Kier alpha value is -2.87. The van der Waals surface area contributed by atoms with Crippen LogP contribution in [0.15, 0.2) is 109 Å². The van der Waals surface area contributed by atoms with Crippen LogP contribution in [0.2, 0.25) is 0 Å². The normalized spacial score (nSPS) is 10.9. The van der Waals surface area contributed by atoms with Crippen molar-refractivity contribution in [1.29, 1.82) is 0 Å². The van der Waals surface area contributed by atoms with Gasteiger partial charge in [-0.05, 0) is 0 Å². The van der Waals surface area contributed by atoms with E-state index in [1.807, 2.05) is 12.1 Å². The van der Waals surface area contributed by atoms with Crippen molar-refractivity contribution in [2.24, 2.45) is 0 Å². The van der Waals surface area contributed by atoms with Crippen LogP contribution in [0.4, 0.5) is 0 Å². The molecule has 5 aromatic rings. The van der Waals surface area contributed by atoms with Crippen LogP contribution in [0.25, 0.3) is 22.0 Å². The summed E-state index contributed by atoms with van der Waals surface area (Å²) < 4.78 is 10.7. The molecule has 32 heavy (non-hydrogen) atoms. The third-order valence-corrected chi connectivity index (χ3v) is 9.59. The number of pyridine rings is 1. The van der Waals surface area contributed by atoms with Gasteiger partial charge in [-0.3, -0.25) is 0 Å². The minimum absolute atomic E-state index is 0.0993. The van der Waals surface area contributed by atoms with Gasteiger partial charge < -0.3 is 0 Å². The van der Waals surface area contributed by atoms with Gasteiger partial charge in [0.25, 0.3) is 0 Å². The first-order chi connectivity index (χ1) is 15.8. The van der Waals surface area contributed by atoms with E-state index < -0.39 is 0 Å². The Labute approximate surface area is 201 Å². The Morgan fingerprint density at radius 1 is 0.625 bits per heavy atom. The summed E-state index contributed by atoms with van der Waals surface area (Å²) in [6, 6.07) is 38.5. The van der Waals surface area contributed by atoms with E-state index in [1.54, 1.807) is 7.11 Å². The number of hydrogen-bond acceptors (Lipinski definition) is 2. The third kappa shape index (κ3) is 4.50. The molecule has 1 aromatic heterocycles. The Bertz CT molecular complexity index is 1340. The Balaban J connectivity index is 1.76. The van der Waals surface area contributed by atoms with Gasteiger partial charge in [0.2, 0.25) is 0 Å². The van der Waals surface area contributed by atoms with Gasteiger partial charge >= 0.3 is 202 Å². The summed E-state index contributed by atoms with van der Waals surface area (Å²) in [5.74, 6) is 0.868. The molecule has 2 nitrogen and oxygen atoms in total. The maximum atomic E-state index is 5.42. The molecule has 0 amide bonds. The summed E-state index contributed by atoms with van der Waals surface area (Å²) in [5, 5.41) is 1.25. The maximum absolute atomic E-state index is 5.42. The van der Waals surface area contributed by atoms with E-state index in [4.69, 9.17) is 9.72 Å². The summed E-state index contributed by atoms with van der Waals surface area (Å²) in [5.41, 5.74) is 3.55. The van der Waals surface area contributed by atoms with Gasteiger partial charge in [0.05, 0.1) is 0 Å². The number of rotatable bonds is 6. The topological polar surface area (TPSA) is 22.1 Å². The van der Waals surface area contributed by atoms with Crippen LogP contribution in [-0.2, 0) is 0 Å². The van der Waals surface area contributed by atoms with Crippen molar-refractivity contribution in [2.75, 3.05) is 7.11 Å². The molecule has 0 atom stereocenters. The second kappa shape index (κ2) is 9.73. The van der Waals surface area contributed by atoms with Crippen LogP contribution < -0.4 is 22.7 Å². The zero-order valence-corrected chi connectivity index (χ0v) is 21.0. The van der Waals surface area contributed by atoms with E-state index in [2.05, 4.69) is 97.1 Å². The van der Waals surface area contributed by atoms with E-state index in [1.165, 1.54) is 34.5 Å². The number of ether oxygens (including phenoxy) is 1. The summed E-state index contributed by atoms with van der Waals surface area (Å²) in [7, 11) is 1.71. The van der Waals surface area contributed by atoms with Crippen LogP contribution in [0.1, 0.15) is 0 Å². The van der Waals surface area contributed by atoms with E-state index in [9.17, 15) is 0 Å². The second-order valence-corrected chi connectivity index (χ2v) is 11.7. The molecule has 0 unspecified atom stereocenters. The molecule has 0 radical (unpaired) electrons. The molecule has 0 fully saturated rings. The molecule has 156 valence electrons. The van der Waals surface area contributed by atoms with Crippen molar-refractivity contribution in [3.05, 3.63) is 109 Å². The molecule has 1 heterocycles. The van der Waals surface area contributed by atoms with Gasteiger partial charge in [0, 0.05) is 0 Å². The van der Waals surface area contributed by atoms with Crippen LogP contribution >= 0.6 is 0 Å². The fourth-order valence-corrected chi connectivity index (χ4v) is 8.31. The fraction of sp³-hybridized carbons (Fsp3) is 0.0357. The Morgan fingerprint density at radius 2 is 1.22 bits per heavy atom. The number of para-hydroxylation sites is 1. The van der Waals surface area contributed by atoms with Gasteiger partial charge in [-0.25, -0.2) is 0 Å². The second-order valence-electron chi connectivity index (χ2n) is 7.20. The zero-order chi connectivity index (χ0) is 21.8. The van der Waals surface area contributed by atoms with Crippen molar-refractivity contribution < 1.29 is 4.74 Å². The number of nitrogens with zero attached hydrogens (tertiary/aromatic N) is 1. The predicted octanol–water partition coefficient (Wildman–Crippen LogP) is 3.22. The van der Waals surface area contributed by atoms with E-state index >= 15 is 0 Å². The number of methoxy groups -OCH3 is 1. The van der Waals surface area contributed by atoms with Crippen molar-refractivity contribution in [1.82, 2.24) is 4.98 Å². The number of benzene rings is 4. The van der Waals surface area contributed by atoms with E-state index in [0.717, 1.165) is 11.3 Å². The molecular weight excluding hydrogens is 524 g/mol. The molecule has 0 saturated carbocycles. The quantitative estimate of drug-likeness (QED) is 0.306. The summed E-state index contributed by atoms with van der Waals surface area (Å²) in [6.45, 7) is 0. The van der Waals surface area contributed by atoms with E-state index in [0.29, 0.717) is 0 Å². The molecule has 4 heteroatoms. The fourth-order valence-electron chi connectivity index (χ4n) is 3.56. The van der Waals surface area contributed by atoms with Crippen molar-refractivity contribution in [3.8, 4) is 16.9 Å². The average Bonchev–Trinajstić information content (AvgIpc) is 2.85. The third-order valence-electron chi connectivity index (χ3n) is 5.11. The summed E-state index contributed by atoms with van der Waals surface area (Å²) in [6.07, 6.45) is 0. The Kier molecular flexibility index (Phi) is 6.38. The van der Waals surface area contributed by atoms with Gasteiger partial charge in [-0.15, -0.1) is 0 Å². The summed E-state index contributed by atoms with van der Waals surface area (Å²) >= 11 is 0.253. The molecule has 5 rings (SSSR count). The van der Waals surface area contributed by atoms with Gasteiger partial charge in [-0.2, -0.15) is 0 Å². The van der Waals surface area contributed by atoms with Gasteiger partial charge in [-0.1, -0.05) is 0 Å². The molecule has 0 N–H and O–H groups in total. The van der Waals surface area contributed by atoms with Gasteiger partial charge in [0.1, 0.15) is 0 Å². The average molecular weight is 545 g/mol. The first-order valence-corrected chi connectivity index (χ1v) is 13.8. The van der Waals surface area contributed by atoms with Crippen molar-refractivity contribution >= 4 is 58.8 Å². The van der Waals surface area contributed by atoms with Crippen LogP contribution in [0.3, 0.4) is 0 Å². The monoisotopic (exact) mass is 547 g/mol. The predicted molar refractivity (Wildman–Crippen MR) is 137 cm³/mol. The van der Waals surface area contributed by atoms with Crippen LogP contribution in [0, 0.1) is 0 Å². The zero-order valence-electron chi connectivity index (χ0n) is 17.6. The number of hydrogen-bond donors (Lipinski definition) is 0. The molecule has 0 aliphatic heterocycles. The SMILES string of the molecule is COc1ccc(-c2c([Se]c3ccccc3)nc3ccccc3c2[Se]c2ccccc2)cc1. The number of fused-ring (bicyclic) bond motifs is 1. The van der Waals surface area contributed by atoms with Crippen molar-refractivity contribution in [2.45, 2.75) is 0 Å². The first-order valence-electron chi connectivity index (χ1n) is 10.3. The van der Waals surface area contributed by atoms with Crippen LogP contribution in [0.5, 0.6) is 5.75 Å². The van der Waals surface area contributed by atoms with E-state index in [-0.39, 0.29) is 29.9 Å². The molecular formula is C28H21NOSe2. The minimum atomic E-state index is 0.0993. The molecule has 0 aliphatic rings. The standard InChI is InChI=1S/C28H21NOSe2/c1-30-21-18-16-20(17-19-21)26-27(31-22-10-4-2-5-11-22)24-14-8-9-15-25(24)29-28(26)32-23-12-6-3-7-13-23/h2-19H,1H3. The van der Waals surface area contributed by atoms with Crippen molar-refractivity contribution in [3.63, 3.8) is 0 Å². The van der Waals surface area contributed by atoms with Gasteiger partial charge in [0.15, 0.2) is 0 Å². The molecule has 0 aliphatic carbocycles. The Morgan fingerprint density at radius 3 is 1.88 bits per heavy atom. The molecule has 0 saturated heterocycles. The molecule has 0 spiro atoms. The van der Waals surface area contributed by atoms with Crippen LogP contribution in [-0.4, -0.2) is 42.0 Å².